The predicted molar refractivity (Wildman–Crippen MR) is 88.4 cm³/mol. The van der Waals surface area contributed by atoms with Crippen LogP contribution in [-0.2, 0) is 6.54 Å². The van der Waals surface area contributed by atoms with Crippen LogP contribution in [0.1, 0.15) is 22.8 Å². The molecule has 0 bridgehead atoms. The minimum Gasteiger partial charge on any atom is -0.497 e. The predicted octanol–water partition coefficient (Wildman–Crippen LogP) is 2.93. The number of hydrogen-bond donors (Lipinski definition) is 1. The van der Waals surface area contributed by atoms with Gasteiger partial charge in [0.05, 0.1) is 18.6 Å². The van der Waals surface area contributed by atoms with Crippen molar-refractivity contribution in [3.8, 4) is 11.5 Å². The zero-order chi connectivity index (χ0) is 17.5. The van der Waals surface area contributed by atoms with E-state index in [0.29, 0.717) is 13.2 Å². The summed E-state index contributed by atoms with van der Waals surface area (Å²) in [6.07, 6.45) is 0. The van der Waals surface area contributed by atoms with Gasteiger partial charge in [-0.2, -0.15) is 0 Å². The van der Waals surface area contributed by atoms with Crippen molar-refractivity contribution in [2.45, 2.75) is 13.5 Å². The summed E-state index contributed by atoms with van der Waals surface area (Å²) in [4.78, 5) is 22.7. The maximum atomic E-state index is 12.2. The number of carbonyl (C=O) groups is 1. The van der Waals surface area contributed by atoms with Gasteiger partial charge < -0.3 is 14.8 Å². The first-order valence-electron chi connectivity index (χ1n) is 7.37. The number of methoxy groups -OCH3 is 1. The lowest BCUT2D eigenvalue weighted by Gasteiger charge is -2.08. The highest BCUT2D eigenvalue weighted by Crippen LogP contribution is 2.28. The Bertz CT molecular complexity index is 728. The summed E-state index contributed by atoms with van der Waals surface area (Å²) in [5, 5.41) is 13.8. The molecule has 7 nitrogen and oxygen atoms in total. The second kappa shape index (κ2) is 7.96. The fourth-order valence-corrected chi connectivity index (χ4v) is 2.11. The van der Waals surface area contributed by atoms with E-state index >= 15 is 0 Å². The largest absolute Gasteiger partial charge is 0.497 e. The van der Waals surface area contributed by atoms with E-state index in [2.05, 4.69) is 5.32 Å². The van der Waals surface area contributed by atoms with Crippen molar-refractivity contribution in [2.24, 2.45) is 0 Å². The van der Waals surface area contributed by atoms with Gasteiger partial charge in [-0.1, -0.05) is 12.1 Å². The van der Waals surface area contributed by atoms with Crippen LogP contribution in [0.5, 0.6) is 11.5 Å². The summed E-state index contributed by atoms with van der Waals surface area (Å²) in [5.74, 6) is 0.485. The van der Waals surface area contributed by atoms with Crippen molar-refractivity contribution < 1.29 is 19.2 Å². The number of nitrogens with zero attached hydrogens (tertiary/aromatic N) is 1. The SMILES string of the molecule is CCOc1ccc(C(=O)NCc2ccc(OC)cc2)cc1[N+](=O)[O-]. The van der Waals surface area contributed by atoms with Crippen LogP contribution in [0, 0.1) is 10.1 Å². The number of nitro groups is 1. The molecule has 1 amide bonds. The maximum absolute atomic E-state index is 12.2. The summed E-state index contributed by atoms with van der Waals surface area (Å²) in [7, 11) is 1.58. The highest BCUT2D eigenvalue weighted by atomic mass is 16.6. The van der Waals surface area contributed by atoms with Crippen LogP contribution in [-0.4, -0.2) is 24.5 Å². The van der Waals surface area contributed by atoms with Crippen LogP contribution in [0.2, 0.25) is 0 Å². The number of ether oxygens (including phenoxy) is 2. The molecule has 1 N–H and O–H groups in total. The van der Waals surface area contributed by atoms with Crippen molar-refractivity contribution in [2.75, 3.05) is 13.7 Å². The molecule has 0 aliphatic carbocycles. The molecule has 0 fully saturated rings. The smallest absolute Gasteiger partial charge is 0.311 e. The number of hydrogen-bond acceptors (Lipinski definition) is 5. The van der Waals surface area contributed by atoms with Crippen molar-refractivity contribution in [1.29, 1.82) is 0 Å². The standard InChI is InChI=1S/C17H18N2O5/c1-3-24-16-9-6-13(10-15(16)19(21)22)17(20)18-11-12-4-7-14(23-2)8-5-12/h4-10H,3,11H2,1-2H3,(H,18,20). The molecule has 2 aromatic carbocycles. The Labute approximate surface area is 139 Å². The van der Waals surface area contributed by atoms with Gasteiger partial charge in [0, 0.05) is 18.2 Å². The Morgan fingerprint density at radius 1 is 1.21 bits per heavy atom. The minimum absolute atomic E-state index is 0.147. The Balaban J connectivity index is 2.08. The van der Waals surface area contributed by atoms with Gasteiger partial charge in [0.25, 0.3) is 5.91 Å². The van der Waals surface area contributed by atoms with Gasteiger partial charge >= 0.3 is 5.69 Å². The van der Waals surface area contributed by atoms with Crippen molar-refractivity contribution >= 4 is 11.6 Å². The quantitative estimate of drug-likeness (QED) is 0.622. The second-order valence-electron chi connectivity index (χ2n) is 4.90. The van der Waals surface area contributed by atoms with E-state index < -0.39 is 10.8 Å². The van der Waals surface area contributed by atoms with Crippen LogP contribution in [0.25, 0.3) is 0 Å². The Morgan fingerprint density at radius 2 is 1.92 bits per heavy atom. The number of nitrogens with one attached hydrogen (secondary N) is 1. The molecule has 0 aliphatic rings. The van der Waals surface area contributed by atoms with Crippen LogP contribution in [0.4, 0.5) is 5.69 Å². The first-order chi connectivity index (χ1) is 11.5. The van der Waals surface area contributed by atoms with Gasteiger partial charge in [-0.15, -0.1) is 0 Å². The molecule has 0 saturated heterocycles. The normalized spacial score (nSPS) is 10.1. The molecule has 0 radical (unpaired) electrons. The molecule has 126 valence electrons. The molecule has 7 heteroatoms. The molecule has 0 unspecified atom stereocenters. The summed E-state index contributed by atoms with van der Waals surface area (Å²) >= 11 is 0. The first-order valence-corrected chi connectivity index (χ1v) is 7.37. The molecule has 0 aromatic heterocycles. The lowest BCUT2D eigenvalue weighted by atomic mass is 10.1. The molecular formula is C17H18N2O5. The van der Waals surface area contributed by atoms with E-state index in [9.17, 15) is 14.9 Å². The molecular weight excluding hydrogens is 312 g/mol. The number of rotatable bonds is 7. The Morgan fingerprint density at radius 3 is 2.50 bits per heavy atom. The highest BCUT2D eigenvalue weighted by molar-refractivity contribution is 5.95. The van der Waals surface area contributed by atoms with Crippen LogP contribution in [0.3, 0.4) is 0 Å². The zero-order valence-corrected chi connectivity index (χ0v) is 13.4. The van der Waals surface area contributed by atoms with E-state index in [0.717, 1.165) is 11.3 Å². The first kappa shape index (κ1) is 17.3. The van der Waals surface area contributed by atoms with Gasteiger partial charge in [0.15, 0.2) is 5.75 Å². The third-order valence-electron chi connectivity index (χ3n) is 3.33. The second-order valence-corrected chi connectivity index (χ2v) is 4.90. The lowest BCUT2D eigenvalue weighted by Crippen LogP contribution is -2.22. The van der Waals surface area contributed by atoms with E-state index in [1.165, 1.54) is 18.2 Å². The third-order valence-corrected chi connectivity index (χ3v) is 3.33. The summed E-state index contributed by atoms with van der Waals surface area (Å²) in [5.41, 5.74) is 0.872. The molecule has 2 aromatic rings. The Hall–Kier alpha value is -3.09. The monoisotopic (exact) mass is 330 g/mol. The number of benzene rings is 2. The maximum Gasteiger partial charge on any atom is 0.311 e. The summed E-state index contributed by atoms with van der Waals surface area (Å²) < 4.78 is 10.3. The molecule has 0 aliphatic heterocycles. The summed E-state index contributed by atoms with van der Waals surface area (Å²) in [6, 6.07) is 11.4. The van der Waals surface area contributed by atoms with Crippen LogP contribution < -0.4 is 14.8 Å². The third kappa shape index (κ3) is 4.22. The number of carbonyl (C=O) groups excluding carboxylic acids is 1. The number of nitro benzene ring substituents is 1. The Kier molecular flexibility index (Phi) is 5.73. The van der Waals surface area contributed by atoms with E-state index in [-0.39, 0.29) is 17.0 Å². The van der Waals surface area contributed by atoms with Gasteiger partial charge in [-0.3, -0.25) is 14.9 Å². The molecule has 0 saturated carbocycles. The van der Waals surface area contributed by atoms with Crippen molar-refractivity contribution in [1.82, 2.24) is 5.32 Å². The minimum atomic E-state index is -0.564. The van der Waals surface area contributed by atoms with Gasteiger partial charge in [0.2, 0.25) is 0 Å². The van der Waals surface area contributed by atoms with Crippen LogP contribution >= 0.6 is 0 Å². The highest BCUT2D eigenvalue weighted by Gasteiger charge is 2.18. The van der Waals surface area contributed by atoms with Gasteiger partial charge in [-0.05, 0) is 36.8 Å². The van der Waals surface area contributed by atoms with Gasteiger partial charge in [0.1, 0.15) is 5.75 Å². The average Bonchev–Trinajstić information content (AvgIpc) is 2.60. The molecule has 0 atom stereocenters. The zero-order valence-electron chi connectivity index (χ0n) is 13.4. The fraction of sp³-hybridized carbons (Fsp3) is 0.235. The number of amides is 1. The van der Waals surface area contributed by atoms with Crippen molar-refractivity contribution in [3.05, 3.63) is 63.7 Å². The van der Waals surface area contributed by atoms with E-state index in [1.807, 2.05) is 12.1 Å². The van der Waals surface area contributed by atoms with Crippen LogP contribution in [0.15, 0.2) is 42.5 Å². The van der Waals surface area contributed by atoms with E-state index in [1.54, 1.807) is 26.2 Å². The fourth-order valence-electron chi connectivity index (χ4n) is 2.11. The lowest BCUT2D eigenvalue weighted by molar-refractivity contribution is -0.385. The molecule has 2 rings (SSSR count). The molecule has 0 heterocycles. The van der Waals surface area contributed by atoms with Crippen molar-refractivity contribution in [3.63, 3.8) is 0 Å². The van der Waals surface area contributed by atoms with E-state index in [4.69, 9.17) is 9.47 Å². The van der Waals surface area contributed by atoms with Gasteiger partial charge in [-0.25, -0.2) is 0 Å². The average molecular weight is 330 g/mol. The molecule has 24 heavy (non-hydrogen) atoms. The molecule has 0 spiro atoms. The topological polar surface area (TPSA) is 90.7 Å². The summed E-state index contributed by atoms with van der Waals surface area (Å²) in [6.45, 7) is 2.35.